The smallest absolute Gasteiger partial charge is 0.240 e. The molecule has 0 saturated carbocycles. The highest BCUT2D eigenvalue weighted by Gasteiger charge is 2.05. The van der Waals surface area contributed by atoms with Crippen molar-refractivity contribution < 1.29 is 4.79 Å². The van der Waals surface area contributed by atoms with Gasteiger partial charge in [0.25, 0.3) is 0 Å². The number of nitrogens with one attached hydrogen (secondary N) is 1. The van der Waals surface area contributed by atoms with Gasteiger partial charge in [0.15, 0.2) is 0 Å². The second-order valence-electron chi connectivity index (χ2n) is 3.86. The van der Waals surface area contributed by atoms with Crippen molar-refractivity contribution in [2.24, 2.45) is 0 Å². The highest BCUT2D eigenvalue weighted by atomic mass is 35.5. The average molecular weight is 264 g/mol. The Morgan fingerprint density at radius 1 is 1.28 bits per heavy atom. The number of halogens is 1. The van der Waals surface area contributed by atoms with Gasteiger partial charge in [-0.25, -0.2) is 4.68 Å². The van der Waals surface area contributed by atoms with E-state index >= 15 is 0 Å². The molecule has 1 amide bonds. The van der Waals surface area contributed by atoms with Crippen molar-refractivity contribution in [2.75, 3.05) is 11.2 Å². The van der Waals surface area contributed by atoms with Crippen molar-refractivity contribution in [2.45, 2.75) is 13.0 Å². The van der Waals surface area contributed by atoms with E-state index in [-0.39, 0.29) is 11.8 Å². The molecule has 18 heavy (non-hydrogen) atoms. The minimum Gasteiger partial charge on any atom is -0.310 e. The lowest BCUT2D eigenvalue weighted by Crippen LogP contribution is -2.17. The molecule has 5 heteroatoms. The van der Waals surface area contributed by atoms with Crippen molar-refractivity contribution in [3.63, 3.8) is 0 Å². The molecule has 1 heterocycles. The number of hydrogen-bond acceptors (Lipinski definition) is 2. The summed E-state index contributed by atoms with van der Waals surface area (Å²) < 4.78 is 1.76. The first kappa shape index (κ1) is 12.6. The van der Waals surface area contributed by atoms with E-state index < -0.39 is 0 Å². The molecule has 2 rings (SSSR count). The van der Waals surface area contributed by atoms with Crippen molar-refractivity contribution >= 4 is 23.3 Å². The summed E-state index contributed by atoms with van der Waals surface area (Å²) >= 11 is 5.45. The summed E-state index contributed by atoms with van der Waals surface area (Å²) in [5, 5.41) is 6.88. The van der Waals surface area contributed by atoms with E-state index in [1.165, 1.54) is 5.56 Å². The lowest BCUT2D eigenvalue weighted by atomic mass is 10.1. The Kier molecular flexibility index (Phi) is 4.36. The van der Waals surface area contributed by atoms with Gasteiger partial charge in [-0.1, -0.05) is 30.3 Å². The molecule has 1 aromatic heterocycles. The molecule has 0 spiro atoms. The fourth-order valence-electron chi connectivity index (χ4n) is 1.67. The van der Waals surface area contributed by atoms with Gasteiger partial charge < -0.3 is 5.32 Å². The number of aryl methyl sites for hydroxylation is 2. The number of hydrogen-bond donors (Lipinski definition) is 1. The van der Waals surface area contributed by atoms with Crippen LogP contribution in [0, 0.1) is 0 Å². The summed E-state index contributed by atoms with van der Waals surface area (Å²) in [7, 11) is 0. The maximum absolute atomic E-state index is 11.2. The molecule has 0 aliphatic heterocycles. The molecular formula is C13H14ClN3O. The zero-order valence-corrected chi connectivity index (χ0v) is 10.6. The second-order valence-corrected chi connectivity index (χ2v) is 4.12. The molecule has 0 atom stereocenters. The number of aromatic nitrogens is 2. The van der Waals surface area contributed by atoms with E-state index in [0.29, 0.717) is 5.82 Å². The van der Waals surface area contributed by atoms with Gasteiger partial charge in [0.05, 0.1) is 6.20 Å². The van der Waals surface area contributed by atoms with Crippen LogP contribution in [0.25, 0.3) is 0 Å². The summed E-state index contributed by atoms with van der Waals surface area (Å²) in [6.07, 6.45) is 2.53. The highest BCUT2D eigenvalue weighted by Crippen LogP contribution is 2.08. The number of benzene rings is 1. The van der Waals surface area contributed by atoms with E-state index in [1.54, 1.807) is 16.9 Å². The average Bonchev–Trinajstić information content (AvgIpc) is 2.84. The van der Waals surface area contributed by atoms with E-state index in [0.717, 1.165) is 13.0 Å². The molecule has 0 aliphatic carbocycles. The molecule has 0 bridgehead atoms. The zero-order chi connectivity index (χ0) is 12.8. The number of carbonyl (C=O) groups excluding carboxylic acids is 1. The summed E-state index contributed by atoms with van der Waals surface area (Å²) in [6.45, 7) is 0.717. The van der Waals surface area contributed by atoms with Gasteiger partial charge >= 0.3 is 0 Å². The molecule has 0 unspecified atom stereocenters. The Morgan fingerprint density at radius 2 is 2.06 bits per heavy atom. The molecule has 0 saturated heterocycles. The predicted molar refractivity (Wildman–Crippen MR) is 71.7 cm³/mol. The number of anilines is 1. The third-order valence-electron chi connectivity index (χ3n) is 2.56. The Balaban J connectivity index is 1.98. The van der Waals surface area contributed by atoms with Crippen LogP contribution < -0.4 is 5.32 Å². The number of nitrogens with zero attached hydrogens (tertiary/aromatic N) is 2. The van der Waals surface area contributed by atoms with Crippen LogP contribution in [0.1, 0.15) is 5.56 Å². The van der Waals surface area contributed by atoms with Gasteiger partial charge in [-0.3, -0.25) is 4.79 Å². The van der Waals surface area contributed by atoms with Gasteiger partial charge in [-0.2, -0.15) is 5.10 Å². The fourth-order valence-corrected chi connectivity index (χ4v) is 1.74. The van der Waals surface area contributed by atoms with Crippen LogP contribution in [0.15, 0.2) is 42.6 Å². The molecule has 4 nitrogen and oxygen atoms in total. The Hall–Kier alpha value is -1.81. The van der Waals surface area contributed by atoms with E-state index in [9.17, 15) is 4.79 Å². The summed E-state index contributed by atoms with van der Waals surface area (Å²) in [4.78, 5) is 11.2. The lowest BCUT2D eigenvalue weighted by molar-refractivity contribution is -0.114. The Labute approximate surface area is 111 Å². The van der Waals surface area contributed by atoms with Crippen LogP contribution >= 0.6 is 11.6 Å². The van der Waals surface area contributed by atoms with Gasteiger partial charge in [0.1, 0.15) is 11.7 Å². The number of rotatable bonds is 5. The van der Waals surface area contributed by atoms with Crippen molar-refractivity contribution in [3.8, 4) is 0 Å². The van der Waals surface area contributed by atoms with E-state index in [4.69, 9.17) is 11.6 Å². The van der Waals surface area contributed by atoms with Crippen LogP contribution in [0.3, 0.4) is 0 Å². The molecule has 2 aromatic rings. The van der Waals surface area contributed by atoms with E-state index in [2.05, 4.69) is 22.5 Å². The third-order valence-corrected chi connectivity index (χ3v) is 2.80. The van der Waals surface area contributed by atoms with Crippen LogP contribution in [0.4, 0.5) is 5.82 Å². The summed E-state index contributed by atoms with van der Waals surface area (Å²) in [5.41, 5.74) is 1.24. The largest absolute Gasteiger partial charge is 0.310 e. The quantitative estimate of drug-likeness (QED) is 0.842. The highest BCUT2D eigenvalue weighted by molar-refractivity contribution is 6.29. The van der Waals surface area contributed by atoms with Gasteiger partial charge in [-0.05, 0) is 12.0 Å². The normalized spacial score (nSPS) is 10.3. The zero-order valence-electron chi connectivity index (χ0n) is 9.84. The van der Waals surface area contributed by atoms with Crippen molar-refractivity contribution in [3.05, 3.63) is 48.2 Å². The van der Waals surface area contributed by atoms with Gasteiger partial charge in [-0.15, -0.1) is 11.6 Å². The summed E-state index contributed by atoms with van der Waals surface area (Å²) in [5.74, 6) is 0.402. The molecule has 1 aromatic carbocycles. The standard InChI is InChI=1S/C13H14ClN3O/c14-10-13(18)16-12-6-8-15-17(12)9-7-11-4-2-1-3-5-11/h1-6,8H,7,9-10H2,(H,16,18). The molecule has 94 valence electrons. The van der Waals surface area contributed by atoms with E-state index in [1.807, 2.05) is 18.2 Å². The van der Waals surface area contributed by atoms with Crippen molar-refractivity contribution in [1.82, 2.24) is 9.78 Å². The summed E-state index contributed by atoms with van der Waals surface area (Å²) in [6, 6.07) is 11.9. The Morgan fingerprint density at radius 3 is 2.78 bits per heavy atom. The molecular weight excluding hydrogens is 250 g/mol. The molecule has 0 radical (unpaired) electrons. The first-order chi connectivity index (χ1) is 8.79. The number of carbonyl (C=O) groups is 1. The molecule has 0 fully saturated rings. The molecule has 1 N–H and O–H groups in total. The van der Waals surface area contributed by atoms with Crippen LogP contribution in [-0.2, 0) is 17.8 Å². The topological polar surface area (TPSA) is 46.9 Å². The monoisotopic (exact) mass is 263 g/mol. The predicted octanol–water partition coefficient (Wildman–Crippen LogP) is 2.30. The van der Waals surface area contributed by atoms with Crippen molar-refractivity contribution in [1.29, 1.82) is 0 Å². The first-order valence-corrected chi connectivity index (χ1v) is 6.24. The maximum atomic E-state index is 11.2. The maximum Gasteiger partial charge on any atom is 0.240 e. The van der Waals surface area contributed by atoms with Gasteiger partial charge in [0.2, 0.25) is 5.91 Å². The molecule has 0 aliphatic rings. The first-order valence-electron chi connectivity index (χ1n) is 5.71. The SMILES string of the molecule is O=C(CCl)Nc1ccnn1CCc1ccccc1. The Bertz CT molecular complexity index is 510. The van der Waals surface area contributed by atoms with Crippen LogP contribution in [0.2, 0.25) is 0 Å². The number of alkyl halides is 1. The minimum absolute atomic E-state index is 0.0517. The minimum atomic E-state index is -0.224. The third kappa shape index (κ3) is 3.34. The van der Waals surface area contributed by atoms with Gasteiger partial charge in [0, 0.05) is 12.6 Å². The number of amides is 1. The second kappa shape index (κ2) is 6.21. The van der Waals surface area contributed by atoms with Crippen LogP contribution in [-0.4, -0.2) is 21.6 Å². The fraction of sp³-hybridized carbons (Fsp3) is 0.231. The lowest BCUT2D eigenvalue weighted by Gasteiger charge is -2.08. The van der Waals surface area contributed by atoms with Crippen LogP contribution in [0.5, 0.6) is 0 Å².